The van der Waals surface area contributed by atoms with Crippen molar-refractivity contribution in [2.45, 2.75) is 13.1 Å². The van der Waals surface area contributed by atoms with Gasteiger partial charge in [0.1, 0.15) is 0 Å². The second-order valence-electron chi connectivity index (χ2n) is 5.74. The molecule has 0 atom stereocenters. The first-order valence-electron chi connectivity index (χ1n) is 7.81. The molecule has 1 aromatic heterocycles. The van der Waals surface area contributed by atoms with Crippen molar-refractivity contribution in [3.05, 3.63) is 59.8 Å². The van der Waals surface area contributed by atoms with E-state index in [1.54, 1.807) is 7.11 Å². The Morgan fingerprint density at radius 3 is 2.18 bits per heavy atom. The van der Waals surface area contributed by atoms with Gasteiger partial charge in [-0.05, 0) is 17.2 Å². The molecular weight excluding hydrogens is 274 g/mol. The van der Waals surface area contributed by atoms with Gasteiger partial charge in [-0.3, -0.25) is 9.80 Å². The van der Waals surface area contributed by atoms with Crippen molar-refractivity contribution in [1.82, 2.24) is 14.8 Å². The van der Waals surface area contributed by atoms with Crippen molar-refractivity contribution in [3.63, 3.8) is 0 Å². The Hall–Kier alpha value is -1.91. The number of nitrogens with zero attached hydrogens (tertiary/aromatic N) is 3. The SMILES string of the molecule is COc1cc(CN2CCN(Cc3ccccc3)CC2)ccn1. The molecule has 0 aliphatic carbocycles. The Kier molecular flexibility index (Phi) is 5.03. The number of hydrogen-bond donors (Lipinski definition) is 0. The van der Waals surface area contributed by atoms with E-state index in [-0.39, 0.29) is 0 Å². The summed E-state index contributed by atoms with van der Waals surface area (Å²) >= 11 is 0. The maximum absolute atomic E-state index is 5.19. The number of hydrogen-bond acceptors (Lipinski definition) is 4. The van der Waals surface area contributed by atoms with E-state index in [9.17, 15) is 0 Å². The summed E-state index contributed by atoms with van der Waals surface area (Å²) in [5.41, 5.74) is 2.66. The molecule has 0 amide bonds. The van der Waals surface area contributed by atoms with Crippen LogP contribution >= 0.6 is 0 Å². The molecule has 4 nitrogen and oxygen atoms in total. The molecule has 2 aromatic rings. The topological polar surface area (TPSA) is 28.6 Å². The van der Waals surface area contributed by atoms with Crippen molar-refractivity contribution in [2.24, 2.45) is 0 Å². The minimum absolute atomic E-state index is 0.695. The molecule has 0 unspecified atom stereocenters. The Labute approximate surface area is 132 Å². The van der Waals surface area contributed by atoms with E-state index in [0.717, 1.165) is 39.3 Å². The van der Waals surface area contributed by atoms with Gasteiger partial charge in [0.25, 0.3) is 0 Å². The molecule has 0 saturated carbocycles. The van der Waals surface area contributed by atoms with Gasteiger partial charge >= 0.3 is 0 Å². The molecule has 4 heteroatoms. The lowest BCUT2D eigenvalue weighted by Crippen LogP contribution is -2.45. The van der Waals surface area contributed by atoms with Crippen molar-refractivity contribution in [2.75, 3.05) is 33.3 Å². The van der Waals surface area contributed by atoms with Gasteiger partial charge in [0.2, 0.25) is 5.88 Å². The molecule has 1 aromatic carbocycles. The summed E-state index contributed by atoms with van der Waals surface area (Å²) in [6.45, 7) is 6.49. The lowest BCUT2D eigenvalue weighted by atomic mass is 10.2. The molecular formula is C18H23N3O. The van der Waals surface area contributed by atoms with Gasteiger partial charge in [0, 0.05) is 51.5 Å². The highest BCUT2D eigenvalue weighted by Crippen LogP contribution is 2.14. The minimum Gasteiger partial charge on any atom is -0.481 e. The number of ether oxygens (including phenoxy) is 1. The Bertz CT molecular complexity index is 580. The highest BCUT2D eigenvalue weighted by atomic mass is 16.5. The van der Waals surface area contributed by atoms with Crippen LogP contribution in [0.3, 0.4) is 0 Å². The van der Waals surface area contributed by atoms with Gasteiger partial charge in [-0.1, -0.05) is 30.3 Å². The predicted octanol–water partition coefficient (Wildman–Crippen LogP) is 2.41. The summed E-state index contributed by atoms with van der Waals surface area (Å²) < 4.78 is 5.19. The van der Waals surface area contributed by atoms with Crippen LogP contribution in [0.5, 0.6) is 5.88 Å². The number of pyridine rings is 1. The fourth-order valence-electron chi connectivity index (χ4n) is 2.87. The summed E-state index contributed by atoms with van der Waals surface area (Å²) in [7, 11) is 1.66. The molecule has 0 radical (unpaired) electrons. The van der Waals surface area contributed by atoms with Crippen LogP contribution in [-0.2, 0) is 13.1 Å². The molecule has 0 N–H and O–H groups in total. The van der Waals surface area contributed by atoms with Crippen LogP contribution in [-0.4, -0.2) is 48.1 Å². The second kappa shape index (κ2) is 7.38. The molecule has 3 rings (SSSR count). The first-order valence-corrected chi connectivity index (χ1v) is 7.81. The van der Waals surface area contributed by atoms with Crippen molar-refractivity contribution in [3.8, 4) is 5.88 Å². The molecule has 1 aliphatic rings. The van der Waals surface area contributed by atoms with Gasteiger partial charge in [0.15, 0.2) is 0 Å². The van der Waals surface area contributed by atoms with E-state index >= 15 is 0 Å². The monoisotopic (exact) mass is 297 g/mol. The van der Waals surface area contributed by atoms with Crippen molar-refractivity contribution >= 4 is 0 Å². The standard InChI is InChI=1S/C18H23N3O/c1-22-18-13-17(7-8-19-18)15-21-11-9-20(10-12-21)14-16-5-3-2-4-6-16/h2-8,13H,9-12,14-15H2,1H3. The summed E-state index contributed by atoms with van der Waals surface area (Å²) in [5, 5.41) is 0. The van der Waals surface area contributed by atoms with Gasteiger partial charge in [-0.25, -0.2) is 4.98 Å². The number of aromatic nitrogens is 1. The molecule has 1 saturated heterocycles. The third-order valence-electron chi connectivity index (χ3n) is 4.13. The highest BCUT2D eigenvalue weighted by molar-refractivity contribution is 5.20. The zero-order valence-corrected chi connectivity index (χ0v) is 13.1. The van der Waals surface area contributed by atoms with Gasteiger partial charge in [-0.2, -0.15) is 0 Å². The van der Waals surface area contributed by atoms with Crippen LogP contribution in [0.25, 0.3) is 0 Å². The third kappa shape index (κ3) is 4.06. The quantitative estimate of drug-likeness (QED) is 0.847. The maximum Gasteiger partial charge on any atom is 0.213 e. The summed E-state index contributed by atoms with van der Waals surface area (Å²) in [6.07, 6.45) is 1.82. The normalized spacial score (nSPS) is 16.6. The van der Waals surface area contributed by atoms with Crippen LogP contribution in [0.4, 0.5) is 0 Å². The molecule has 2 heterocycles. The summed E-state index contributed by atoms with van der Waals surface area (Å²) in [4.78, 5) is 9.18. The summed E-state index contributed by atoms with van der Waals surface area (Å²) in [5.74, 6) is 0.695. The number of methoxy groups -OCH3 is 1. The zero-order chi connectivity index (χ0) is 15.2. The Morgan fingerprint density at radius 2 is 1.55 bits per heavy atom. The van der Waals surface area contributed by atoms with E-state index in [4.69, 9.17) is 4.74 Å². The highest BCUT2D eigenvalue weighted by Gasteiger charge is 2.17. The van der Waals surface area contributed by atoms with Crippen LogP contribution in [0.15, 0.2) is 48.7 Å². The van der Waals surface area contributed by atoms with E-state index in [0.29, 0.717) is 5.88 Å². The maximum atomic E-state index is 5.19. The van der Waals surface area contributed by atoms with Gasteiger partial charge in [-0.15, -0.1) is 0 Å². The summed E-state index contributed by atoms with van der Waals surface area (Å²) in [6, 6.07) is 14.8. The lowest BCUT2D eigenvalue weighted by Gasteiger charge is -2.34. The number of piperazine rings is 1. The zero-order valence-electron chi connectivity index (χ0n) is 13.1. The van der Waals surface area contributed by atoms with E-state index in [2.05, 4.69) is 51.2 Å². The Balaban J connectivity index is 1.49. The van der Waals surface area contributed by atoms with Crippen LogP contribution in [0.1, 0.15) is 11.1 Å². The Morgan fingerprint density at radius 1 is 0.909 bits per heavy atom. The van der Waals surface area contributed by atoms with Gasteiger partial charge in [0.05, 0.1) is 7.11 Å². The smallest absolute Gasteiger partial charge is 0.213 e. The van der Waals surface area contributed by atoms with E-state index in [1.165, 1.54) is 11.1 Å². The third-order valence-corrected chi connectivity index (χ3v) is 4.13. The molecule has 1 fully saturated rings. The molecule has 0 bridgehead atoms. The fourth-order valence-corrected chi connectivity index (χ4v) is 2.87. The van der Waals surface area contributed by atoms with Crippen molar-refractivity contribution in [1.29, 1.82) is 0 Å². The molecule has 1 aliphatic heterocycles. The molecule has 0 spiro atoms. The largest absolute Gasteiger partial charge is 0.481 e. The fraction of sp³-hybridized carbons (Fsp3) is 0.389. The van der Waals surface area contributed by atoms with E-state index < -0.39 is 0 Å². The number of rotatable bonds is 5. The average Bonchev–Trinajstić information content (AvgIpc) is 2.58. The van der Waals surface area contributed by atoms with Gasteiger partial charge < -0.3 is 4.74 Å². The van der Waals surface area contributed by atoms with E-state index in [1.807, 2.05) is 12.3 Å². The van der Waals surface area contributed by atoms with Crippen LogP contribution in [0.2, 0.25) is 0 Å². The second-order valence-corrected chi connectivity index (χ2v) is 5.74. The van der Waals surface area contributed by atoms with Crippen LogP contribution in [0, 0.1) is 0 Å². The first kappa shape index (κ1) is 15.0. The van der Waals surface area contributed by atoms with Crippen molar-refractivity contribution < 1.29 is 4.74 Å². The first-order chi connectivity index (χ1) is 10.8. The average molecular weight is 297 g/mol. The minimum atomic E-state index is 0.695. The number of benzene rings is 1. The molecule has 22 heavy (non-hydrogen) atoms. The molecule has 116 valence electrons. The van der Waals surface area contributed by atoms with Crippen LogP contribution < -0.4 is 4.74 Å². The predicted molar refractivity (Wildman–Crippen MR) is 87.8 cm³/mol. The lowest BCUT2D eigenvalue weighted by molar-refractivity contribution is 0.122.